The number of halogens is 3. The Hall–Kier alpha value is -2.32. The van der Waals surface area contributed by atoms with Crippen molar-refractivity contribution in [2.45, 2.75) is 12.6 Å². The van der Waals surface area contributed by atoms with Gasteiger partial charge < -0.3 is 10.2 Å². The molecule has 9 heteroatoms. The van der Waals surface area contributed by atoms with Gasteiger partial charge in [-0.1, -0.05) is 0 Å². The Labute approximate surface area is 118 Å². The summed E-state index contributed by atoms with van der Waals surface area (Å²) >= 11 is 0. The highest BCUT2D eigenvalue weighted by Gasteiger charge is 2.29. The predicted octanol–water partition coefficient (Wildman–Crippen LogP) is 2.66. The molecule has 116 valence electrons. The first kappa shape index (κ1) is 16.7. The first-order valence-corrected chi connectivity index (χ1v) is 5.94. The van der Waals surface area contributed by atoms with Crippen molar-refractivity contribution in [3.05, 3.63) is 33.9 Å². The lowest BCUT2D eigenvalue weighted by molar-refractivity contribution is -0.384. The average molecular weight is 305 g/mol. The second-order valence-corrected chi connectivity index (χ2v) is 4.33. The summed E-state index contributed by atoms with van der Waals surface area (Å²) in [5.74, 6) is -0.715. The Bertz CT molecular complexity index is 546. The fourth-order valence-electron chi connectivity index (χ4n) is 1.64. The van der Waals surface area contributed by atoms with E-state index in [0.29, 0.717) is 5.69 Å². The molecule has 0 radical (unpaired) electrons. The summed E-state index contributed by atoms with van der Waals surface area (Å²) < 4.78 is 36.5. The van der Waals surface area contributed by atoms with Crippen LogP contribution in [0.15, 0.2) is 18.2 Å². The maximum absolute atomic E-state index is 12.2. The van der Waals surface area contributed by atoms with Gasteiger partial charge in [-0.05, 0) is 6.07 Å². The number of hydrogen-bond donors (Lipinski definition) is 1. The monoisotopic (exact) mass is 305 g/mol. The van der Waals surface area contributed by atoms with Crippen LogP contribution in [0.4, 0.5) is 24.5 Å². The van der Waals surface area contributed by atoms with Crippen LogP contribution < -0.4 is 5.32 Å². The minimum absolute atomic E-state index is 0.0450. The maximum atomic E-state index is 12.2. The molecule has 1 aromatic rings. The molecule has 6 nitrogen and oxygen atoms in total. The summed E-state index contributed by atoms with van der Waals surface area (Å²) in [6, 6.07) is 3.58. The molecule has 0 aliphatic rings. The molecule has 0 aliphatic carbocycles. The SMILES string of the molecule is CNc1ccc([N+](=O)[O-])cc1C(=O)N(C)CCC(F)(F)F. The Morgan fingerprint density at radius 2 is 2.05 bits per heavy atom. The number of nitro groups is 1. The van der Waals surface area contributed by atoms with E-state index in [2.05, 4.69) is 5.32 Å². The van der Waals surface area contributed by atoms with Crippen molar-refractivity contribution in [1.82, 2.24) is 4.90 Å². The minimum atomic E-state index is -4.37. The molecule has 1 N–H and O–H groups in total. The van der Waals surface area contributed by atoms with Gasteiger partial charge in [0, 0.05) is 38.5 Å². The zero-order chi connectivity index (χ0) is 16.2. The first-order valence-electron chi connectivity index (χ1n) is 5.94. The van der Waals surface area contributed by atoms with Crippen molar-refractivity contribution >= 4 is 17.3 Å². The number of amides is 1. The fraction of sp³-hybridized carbons (Fsp3) is 0.417. The largest absolute Gasteiger partial charge is 0.390 e. The van der Waals surface area contributed by atoms with Crippen LogP contribution in [0.25, 0.3) is 0 Å². The van der Waals surface area contributed by atoms with E-state index in [9.17, 15) is 28.1 Å². The van der Waals surface area contributed by atoms with E-state index in [1.165, 1.54) is 26.2 Å². The minimum Gasteiger partial charge on any atom is -0.387 e. The van der Waals surface area contributed by atoms with Crippen LogP contribution in [0.2, 0.25) is 0 Å². The third-order valence-electron chi connectivity index (χ3n) is 2.79. The van der Waals surface area contributed by atoms with E-state index in [1.54, 1.807) is 0 Å². The van der Waals surface area contributed by atoms with Gasteiger partial charge in [-0.15, -0.1) is 0 Å². The van der Waals surface area contributed by atoms with Gasteiger partial charge in [-0.3, -0.25) is 14.9 Å². The first-order chi connectivity index (χ1) is 9.65. The van der Waals surface area contributed by atoms with Crippen LogP contribution in [0.1, 0.15) is 16.8 Å². The smallest absolute Gasteiger partial charge is 0.387 e. The second-order valence-electron chi connectivity index (χ2n) is 4.33. The highest BCUT2D eigenvalue weighted by atomic mass is 19.4. The van der Waals surface area contributed by atoms with Crippen molar-refractivity contribution in [2.24, 2.45) is 0 Å². The van der Waals surface area contributed by atoms with Crippen LogP contribution in [0, 0.1) is 10.1 Å². The molecule has 0 bridgehead atoms. The van der Waals surface area contributed by atoms with E-state index in [0.717, 1.165) is 11.0 Å². The lowest BCUT2D eigenvalue weighted by atomic mass is 10.1. The highest BCUT2D eigenvalue weighted by molar-refractivity contribution is 6.00. The molecule has 0 aromatic heterocycles. The molecule has 1 aromatic carbocycles. The van der Waals surface area contributed by atoms with Crippen molar-refractivity contribution in [3.8, 4) is 0 Å². The number of hydrogen-bond acceptors (Lipinski definition) is 4. The number of carbonyl (C=O) groups is 1. The van der Waals surface area contributed by atoms with Gasteiger partial charge in [-0.2, -0.15) is 13.2 Å². The van der Waals surface area contributed by atoms with Gasteiger partial charge in [-0.25, -0.2) is 0 Å². The maximum Gasteiger partial charge on any atom is 0.390 e. The molecule has 0 aliphatic heterocycles. The van der Waals surface area contributed by atoms with E-state index >= 15 is 0 Å². The molecule has 0 heterocycles. The van der Waals surface area contributed by atoms with E-state index in [1.807, 2.05) is 0 Å². The summed E-state index contributed by atoms with van der Waals surface area (Å²) in [5.41, 5.74) is -0.0394. The Balaban J connectivity index is 2.99. The lowest BCUT2D eigenvalue weighted by Gasteiger charge is -2.19. The van der Waals surface area contributed by atoms with Gasteiger partial charge in [0.05, 0.1) is 16.9 Å². The van der Waals surface area contributed by atoms with Gasteiger partial charge >= 0.3 is 6.18 Å². The second kappa shape index (κ2) is 6.42. The Morgan fingerprint density at radius 3 is 2.52 bits per heavy atom. The number of carbonyl (C=O) groups excluding carboxylic acids is 1. The molecule has 0 fully saturated rings. The predicted molar refractivity (Wildman–Crippen MR) is 70.3 cm³/mol. The average Bonchev–Trinajstić information content (AvgIpc) is 2.42. The number of non-ortho nitro benzene ring substituents is 1. The van der Waals surface area contributed by atoms with E-state index in [4.69, 9.17) is 0 Å². The van der Waals surface area contributed by atoms with Crippen molar-refractivity contribution in [2.75, 3.05) is 26.0 Å². The van der Waals surface area contributed by atoms with Crippen molar-refractivity contribution in [1.29, 1.82) is 0 Å². The summed E-state index contributed by atoms with van der Waals surface area (Å²) in [5, 5.41) is 13.4. The summed E-state index contributed by atoms with van der Waals surface area (Å²) in [6.45, 7) is -0.520. The number of benzene rings is 1. The topological polar surface area (TPSA) is 75.5 Å². The highest BCUT2D eigenvalue weighted by Crippen LogP contribution is 2.24. The number of nitro benzene ring substituents is 1. The summed E-state index contributed by atoms with van der Waals surface area (Å²) in [6.07, 6.45) is -5.51. The standard InChI is InChI=1S/C12H14F3N3O3/c1-16-10-4-3-8(18(20)21)7-9(10)11(19)17(2)6-5-12(13,14)15/h3-4,7,16H,5-6H2,1-2H3. The fourth-order valence-corrected chi connectivity index (χ4v) is 1.64. The summed E-state index contributed by atoms with van der Waals surface area (Å²) in [7, 11) is 2.72. The van der Waals surface area contributed by atoms with E-state index < -0.39 is 30.0 Å². The number of alkyl halides is 3. The Kier molecular flexibility index (Phi) is 5.12. The molecular weight excluding hydrogens is 291 g/mol. The number of nitrogens with one attached hydrogen (secondary N) is 1. The molecule has 21 heavy (non-hydrogen) atoms. The molecule has 0 atom stereocenters. The van der Waals surface area contributed by atoms with Gasteiger partial charge in [0.15, 0.2) is 0 Å². The zero-order valence-corrected chi connectivity index (χ0v) is 11.4. The van der Waals surface area contributed by atoms with Crippen molar-refractivity contribution in [3.63, 3.8) is 0 Å². The van der Waals surface area contributed by atoms with Crippen LogP contribution in [-0.2, 0) is 0 Å². The molecule has 0 spiro atoms. The van der Waals surface area contributed by atoms with Crippen molar-refractivity contribution < 1.29 is 22.9 Å². The van der Waals surface area contributed by atoms with Gasteiger partial charge in [0.2, 0.25) is 0 Å². The molecule has 1 rings (SSSR count). The van der Waals surface area contributed by atoms with Crippen LogP contribution in [0.3, 0.4) is 0 Å². The summed E-state index contributed by atoms with van der Waals surface area (Å²) in [4.78, 5) is 23.0. The molecule has 1 amide bonds. The lowest BCUT2D eigenvalue weighted by Crippen LogP contribution is -2.31. The zero-order valence-electron chi connectivity index (χ0n) is 11.4. The normalized spacial score (nSPS) is 11.1. The van der Waals surface area contributed by atoms with Crippen LogP contribution in [0.5, 0.6) is 0 Å². The third-order valence-corrected chi connectivity index (χ3v) is 2.79. The Morgan fingerprint density at radius 1 is 1.43 bits per heavy atom. The number of anilines is 1. The molecule has 0 saturated heterocycles. The van der Waals surface area contributed by atoms with Crippen LogP contribution >= 0.6 is 0 Å². The third kappa shape index (κ3) is 4.62. The molecular formula is C12H14F3N3O3. The van der Waals surface area contributed by atoms with E-state index in [-0.39, 0.29) is 11.3 Å². The van der Waals surface area contributed by atoms with Gasteiger partial charge in [0.1, 0.15) is 0 Å². The number of rotatable bonds is 5. The van der Waals surface area contributed by atoms with Crippen LogP contribution in [-0.4, -0.2) is 42.5 Å². The molecule has 0 unspecified atom stereocenters. The molecule has 0 saturated carbocycles. The number of nitrogens with zero attached hydrogens (tertiary/aromatic N) is 2. The van der Waals surface area contributed by atoms with Gasteiger partial charge in [0.25, 0.3) is 11.6 Å². The quantitative estimate of drug-likeness (QED) is 0.670.